The summed E-state index contributed by atoms with van der Waals surface area (Å²) < 4.78 is 10.7. The summed E-state index contributed by atoms with van der Waals surface area (Å²) in [6, 6.07) is 0.474. The van der Waals surface area contributed by atoms with Crippen molar-refractivity contribution in [3.05, 3.63) is 5.73 Å². The predicted octanol–water partition coefficient (Wildman–Crippen LogP) is 2.69. The largest absolute Gasteiger partial charge is 0.677 e. The molecule has 3 N–H and O–H groups in total. The number of rotatable bonds is 18. The molecular formula is C21H42N3O5W-. The van der Waals surface area contributed by atoms with E-state index in [1.54, 1.807) is 6.92 Å². The smallest absolute Gasteiger partial charge is 0.220 e. The summed E-state index contributed by atoms with van der Waals surface area (Å²) in [6.45, 7) is 11.3. The van der Waals surface area contributed by atoms with Gasteiger partial charge in [-0.25, -0.2) is 0 Å². The van der Waals surface area contributed by atoms with Crippen molar-refractivity contribution in [2.45, 2.75) is 72.3 Å². The Morgan fingerprint density at radius 3 is 1.87 bits per heavy atom. The minimum atomic E-state index is -0.111. The molecule has 0 radical (unpaired) electrons. The number of Topliss-reactive ketones (excluding diaryl/α,β-unsaturated/α-hetero) is 2. The Kier molecular flexibility index (Phi) is 29.9. The number of nitrogens with one attached hydrogen (secondary N) is 3. The molecule has 0 aromatic rings. The van der Waals surface area contributed by atoms with Gasteiger partial charge in [0.2, 0.25) is 5.91 Å². The number of carbonyl (C=O) groups excluding carboxylic acids is 3. The van der Waals surface area contributed by atoms with Gasteiger partial charge in [-0.15, -0.1) is 0 Å². The topological polar surface area (TPSA) is 118 Å². The summed E-state index contributed by atoms with van der Waals surface area (Å²) >= 11 is 0. The van der Waals surface area contributed by atoms with E-state index in [0.717, 1.165) is 25.8 Å². The van der Waals surface area contributed by atoms with E-state index in [2.05, 4.69) is 24.5 Å². The number of amides is 1. The molecule has 0 spiro atoms. The predicted molar refractivity (Wildman–Crippen MR) is 116 cm³/mol. The molecule has 8 nitrogen and oxygen atoms in total. The van der Waals surface area contributed by atoms with E-state index in [-0.39, 0.29) is 45.0 Å². The molecule has 0 bridgehead atoms. The van der Waals surface area contributed by atoms with E-state index in [1.165, 1.54) is 6.92 Å². The zero-order valence-corrected chi connectivity index (χ0v) is 22.2. The van der Waals surface area contributed by atoms with Crippen molar-refractivity contribution in [1.82, 2.24) is 10.6 Å². The van der Waals surface area contributed by atoms with Crippen molar-refractivity contribution in [3.63, 3.8) is 0 Å². The maximum atomic E-state index is 11.3. The molecule has 0 unspecified atom stereocenters. The summed E-state index contributed by atoms with van der Waals surface area (Å²) in [5.41, 5.74) is 6.80. The average molecular weight is 600 g/mol. The second-order valence-corrected chi connectivity index (χ2v) is 7.15. The van der Waals surface area contributed by atoms with Gasteiger partial charge in [-0.1, -0.05) is 26.7 Å². The molecule has 0 saturated heterocycles. The zero-order chi connectivity index (χ0) is 22.3. The van der Waals surface area contributed by atoms with E-state index < -0.39 is 0 Å². The summed E-state index contributed by atoms with van der Waals surface area (Å²) in [6.07, 6.45) is 4.18. The standard InChI is InChI=1S/C14H28N2O4.C7H14NO.W/c1-12(2)15-6-8-19-10-11-20-9-7-16-14(18)5-4-13(3)17;1-7(9)5-3-2-4-6-8;/h12,15H,4-11H2,1-3H3,(H,16,18);8H,2-6H2,1H3;/q;-1;. The van der Waals surface area contributed by atoms with E-state index in [1.807, 2.05) is 0 Å². The fourth-order valence-corrected chi connectivity index (χ4v) is 2.06. The molecule has 9 heteroatoms. The van der Waals surface area contributed by atoms with Gasteiger partial charge in [0.05, 0.1) is 26.4 Å². The summed E-state index contributed by atoms with van der Waals surface area (Å²) in [5.74, 6) is 0.181. The molecule has 0 aliphatic rings. The van der Waals surface area contributed by atoms with Crippen LogP contribution in [0.1, 0.15) is 66.2 Å². The molecule has 178 valence electrons. The second kappa shape index (κ2) is 26.4. The molecule has 0 atom stereocenters. The van der Waals surface area contributed by atoms with Gasteiger partial charge in [0.15, 0.2) is 0 Å². The van der Waals surface area contributed by atoms with Crippen LogP contribution in [0.15, 0.2) is 0 Å². The van der Waals surface area contributed by atoms with Crippen LogP contribution in [0.2, 0.25) is 0 Å². The van der Waals surface area contributed by atoms with Crippen molar-refractivity contribution >= 4 is 17.5 Å². The van der Waals surface area contributed by atoms with Gasteiger partial charge in [-0.3, -0.25) is 4.79 Å². The fourth-order valence-electron chi connectivity index (χ4n) is 2.06. The second-order valence-electron chi connectivity index (χ2n) is 7.15. The van der Waals surface area contributed by atoms with E-state index >= 15 is 0 Å². The molecule has 0 fully saturated rings. The molecule has 0 aromatic heterocycles. The number of ketones is 2. The number of hydrogen-bond acceptors (Lipinski definition) is 6. The minimum Gasteiger partial charge on any atom is -0.677 e. The molecular weight excluding hydrogens is 558 g/mol. The number of unbranched alkanes of at least 4 members (excludes halogenated alkanes) is 2. The molecule has 0 heterocycles. The first-order valence-electron chi connectivity index (χ1n) is 10.6. The van der Waals surface area contributed by atoms with Crippen LogP contribution in [0.4, 0.5) is 0 Å². The van der Waals surface area contributed by atoms with Crippen LogP contribution < -0.4 is 10.6 Å². The minimum absolute atomic E-state index is 0. The van der Waals surface area contributed by atoms with Crippen LogP contribution in [0, 0.1) is 0 Å². The molecule has 0 aromatic carbocycles. The Balaban J connectivity index is -0.000000616. The molecule has 30 heavy (non-hydrogen) atoms. The summed E-state index contributed by atoms with van der Waals surface area (Å²) in [4.78, 5) is 32.3. The average Bonchev–Trinajstić information content (AvgIpc) is 2.65. The Labute approximate surface area is 197 Å². The van der Waals surface area contributed by atoms with Gasteiger partial charge in [0.1, 0.15) is 11.6 Å². The molecule has 1 amide bonds. The van der Waals surface area contributed by atoms with E-state index in [0.29, 0.717) is 58.4 Å². The van der Waals surface area contributed by atoms with Gasteiger partial charge >= 0.3 is 0 Å². The van der Waals surface area contributed by atoms with E-state index in [9.17, 15) is 14.4 Å². The Hall–Kier alpha value is -0.662. The normalized spacial score (nSPS) is 10.1. The fraction of sp³-hybridized carbons (Fsp3) is 0.857. The molecule has 0 aliphatic heterocycles. The van der Waals surface area contributed by atoms with Gasteiger partial charge in [-0.2, -0.15) is 6.54 Å². The third-order valence-electron chi connectivity index (χ3n) is 3.65. The quantitative estimate of drug-likeness (QED) is 0.234. The maximum Gasteiger partial charge on any atom is 0.220 e. The van der Waals surface area contributed by atoms with E-state index in [4.69, 9.17) is 15.2 Å². The number of hydrogen-bond donors (Lipinski definition) is 2. The van der Waals surface area contributed by atoms with Crippen LogP contribution in [0.5, 0.6) is 0 Å². The zero-order valence-electron chi connectivity index (χ0n) is 19.2. The Morgan fingerprint density at radius 1 is 0.800 bits per heavy atom. The first-order chi connectivity index (χ1) is 13.8. The van der Waals surface area contributed by atoms with Crippen molar-refractivity contribution in [2.24, 2.45) is 0 Å². The van der Waals surface area contributed by atoms with Crippen LogP contribution >= 0.6 is 0 Å². The Bertz CT molecular complexity index is 423. The third kappa shape index (κ3) is 34.8. The first kappa shape index (κ1) is 34.0. The van der Waals surface area contributed by atoms with Gasteiger partial charge < -0.3 is 35.4 Å². The van der Waals surface area contributed by atoms with Crippen molar-refractivity contribution in [3.8, 4) is 0 Å². The van der Waals surface area contributed by atoms with Gasteiger partial charge in [0.25, 0.3) is 0 Å². The third-order valence-corrected chi connectivity index (χ3v) is 3.65. The van der Waals surface area contributed by atoms with Crippen LogP contribution in [-0.2, 0) is 44.9 Å². The maximum absolute atomic E-state index is 11.3. The van der Waals surface area contributed by atoms with Gasteiger partial charge in [0, 0.05) is 59.5 Å². The SMILES string of the molecule is CC(=O)CCC(=O)NCCOCCOCCNC(C)C.CC(=O)CCCCC[NH-].[W]. The van der Waals surface area contributed by atoms with Crippen molar-refractivity contribution < 1.29 is 44.9 Å². The monoisotopic (exact) mass is 600 g/mol. The van der Waals surface area contributed by atoms with Crippen LogP contribution in [0.3, 0.4) is 0 Å². The summed E-state index contributed by atoms with van der Waals surface area (Å²) in [5, 5.41) is 5.95. The number of ether oxygens (including phenoxy) is 2. The molecule has 0 saturated carbocycles. The molecule has 0 aliphatic carbocycles. The van der Waals surface area contributed by atoms with Crippen LogP contribution in [0.25, 0.3) is 5.73 Å². The van der Waals surface area contributed by atoms with Crippen LogP contribution in [-0.4, -0.2) is 69.6 Å². The first-order valence-corrected chi connectivity index (χ1v) is 10.6. The Morgan fingerprint density at radius 2 is 1.37 bits per heavy atom. The summed E-state index contributed by atoms with van der Waals surface area (Å²) in [7, 11) is 0. The van der Waals surface area contributed by atoms with Crippen molar-refractivity contribution in [2.75, 3.05) is 46.1 Å². The molecule has 0 rings (SSSR count). The number of carbonyl (C=O) groups is 3. The van der Waals surface area contributed by atoms with Gasteiger partial charge in [-0.05, 0) is 20.3 Å². The van der Waals surface area contributed by atoms with Crippen molar-refractivity contribution in [1.29, 1.82) is 0 Å².